The van der Waals surface area contributed by atoms with E-state index in [1.807, 2.05) is 11.3 Å². The molecule has 0 aliphatic carbocycles. The van der Waals surface area contributed by atoms with E-state index in [1.165, 1.54) is 80.0 Å². The fourth-order valence-corrected chi connectivity index (χ4v) is 5.65. The topological polar surface area (TPSA) is 34.0 Å². The van der Waals surface area contributed by atoms with Gasteiger partial charge in [-0.3, -0.25) is 0 Å². The Labute approximate surface area is 171 Å². The molecule has 1 fully saturated rings. The number of hydrogen-bond acceptors (Lipinski definition) is 4. The molecule has 146 valence electrons. The van der Waals surface area contributed by atoms with Crippen LogP contribution < -0.4 is 0 Å². The highest BCUT2D eigenvalue weighted by Crippen LogP contribution is 2.35. The van der Waals surface area contributed by atoms with Gasteiger partial charge >= 0.3 is 0 Å². The second-order valence-corrected chi connectivity index (χ2v) is 9.10. The van der Waals surface area contributed by atoms with E-state index in [4.69, 9.17) is 0 Å². The maximum absolute atomic E-state index is 4.67. The molecule has 0 saturated carbocycles. The predicted octanol–water partition coefficient (Wildman–Crippen LogP) is 4.77. The largest absolute Gasteiger partial charge is 0.311 e. The molecule has 1 saturated heterocycles. The minimum absolute atomic E-state index is 0.562. The Morgan fingerprint density at radius 3 is 2.71 bits per heavy atom. The first-order chi connectivity index (χ1) is 13.9. The van der Waals surface area contributed by atoms with Crippen LogP contribution in [0.25, 0.3) is 11.4 Å². The van der Waals surface area contributed by atoms with E-state index in [-0.39, 0.29) is 0 Å². The number of piperidine rings is 1. The van der Waals surface area contributed by atoms with Gasteiger partial charge in [-0.1, -0.05) is 30.3 Å². The fraction of sp³-hybridized carbons (Fsp3) is 0.478. The van der Waals surface area contributed by atoms with E-state index >= 15 is 0 Å². The molecular formula is C23H28N4S. The van der Waals surface area contributed by atoms with Gasteiger partial charge in [-0.15, -0.1) is 21.5 Å². The minimum Gasteiger partial charge on any atom is -0.311 e. The molecule has 5 heteroatoms. The SMILES string of the molecule is c1ccc(CCCN2CCC(c3nnc4n3CCCc3sccc3-4)CC2)cc1. The Kier molecular flexibility index (Phi) is 5.28. The first-order valence-corrected chi connectivity index (χ1v) is 11.5. The molecule has 0 unspecified atom stereocenters. The molecular weight excluding hydrogens is 364 g/mol. The molecule has 4 nitrogen and oxygen atoms in total. The second-order valence-electron chi connectivity index (χ2n) is 8.10. The van der Waals surface area contributed by atoms with Crippen molar-refractivity contribution in [2.24, 2.45) is 0 Å². The zero-order chi connectivity index (χ0) is 18.8. The summed E-state index contributed by atoms with van der Waals surface area (Å²) in [7, 11) is 0. The Bertz CT molecular complexity index is 906. The Balaban J connectivity index is 1.19. The number of nitrogens with zero attached hydrogens (tertiary/aromatic N) is 4. The molecule has 2 aliphatic heterocycles. The van der Waals surface area contributed by atoms with Crippen molar-refractivity contribution in [3.8, 4) is 11.4 Å². The third-order valence-electron chi connectivity index (χ3n) is 6.29. The molecule has 2 aliphatic rings. The van der Waals surface area contributed by atoms with Crippen LogP contribution in [0.4, 0.5) is 0 Å². The van der Waals surface area contributed by atoms with Crippen LogP contribution in [-0.2, 0) is 19.4 Å². The molecule has 1 aromatic carbocycles. The molecule has 4 heterocycles. The smallest absolute Gasteiger partial charge is 0.165 e. The molecule has 0 spiro atoms. The van der Waals surface area contributed by atoms with Gasteiger partial charge in [-0.2, -0.15) is 0 Å². The lowest BCUT2D eigenvalue weighted by Gasteiger charge is -2.31. The summed E-state index contributed by atoms with van der Waals surface area (Å²) in [4.78, 5) is 4.11. The summed E-state index contributed by atoms with van der Waals surface area (Å²) in [5, 5.41) is 11.5. The van der Waals surface area contributed by atoms with Gasteiger partial charge in [0.2, 0.25) is 0 Å². The quantitative estimate of drug-likeness (QED) is 0.627. The lowest BCUT2D eigenvalue weighted by Crippen LogP contribution is -2.34. The van der Waals surface area contributed by atoms with Crippen LogP contribution in [0, 0.1) is 0 Å². The first-order valence-electron chi connectivity index (χ1n) is 10.6. The zero-order valence-electron chi connectivity index (χ0n) is 16.4. The third-order valence-corrected chi connectivity index (χ3v) is 7.27. The lowest BCUT2D eigenvalue weighted by atomic mass is 9.95. The minimum atomic E-state index is 0.562. The van der Waals surface area contributed by atoms with E-state index in [9.17, 15) is 0 Å². The molecule has 0 radical (unpaired) electrons. The summed E-state index contributed by atoms with van der Waals surface area (Å²) in [5.41, 5.74) is 2.77. The summed E-state index contributed by atoms with van der Waals surface area (Å²) >= 11 is 1.87. The summed E-state index contributed by atoms with van der Waals surface area (Å²) in [5.74, 6) is 2.90. The standard InChI is InChI=1S/C23H28N4S/c1-2-6-18(7-3-1)8-4-13-26-15-10-19(11-16-26)22-24-25-23-20-12-17-28-21(20)9-5-14-27(22)23/h1-3,6-7,12,17,19H,4-5,8-11,13-16H2. The van der Waals surface area contributed by atoms with Crippen molar-refractivity contribution in [3.05, 3.63) is 58.0 Å². The number of thiophene rings is 1. The van der Waals surface area contributed by atoms with Crippen molar-refractivity contribution in [3.63, 3.8) is 0 Å². The van der Waals surface area contributed by atoms with Gasteiger partial charge in [0.15, 0.2) is 5.82 Å². The average molecular weight is 393 g/mol. The van der Waals surface area contributed by atoms with Gasteiger partial charge in [-0.25, -0.2) is 0 Å². The van der Waals surface area contributed by atoms with E-state index in [2.05, 4.69) is 61.4 Å². The maximum Gasteiger partial charge on any atom is 0.165 e. The number of likely N-dealkylation sites (tertiary alicyclic amines) is 1. The monoisotopic (exact) mass is 392 g/mol. The van der Waals surface area contributed by atoms with Crippen molar-refractivity contribution in [2.75, 3.05) is 19.6 Å². The number of hydrogen-bond donors (Lipinski definition) is 0. The molecule has 0 bridgehead atoms. The van der Waals surface area contributed by atoms with Gasteiger partial charge in [0.25, 0.3) is 0 Å². The van der Waals surface area contributed by atoms with Crippen molar-refractivity contribution in [2.45, 2.75) is 51.0 Å². The van der Waals surface area contributed by atoms with Gasteiger partial charge in [0.1, 0.15) is 5.82 Å². The van der Waals surface area contributed by atoms with Crippen molar-refractivity contribution >= 4 is 11.3 Å². The van der Waals surface area contributed by atoms with Crippen molar-refractivity contribution in [1.82, 2.24) is 19.7 Å². The number of aryl methyl sites for hydroxylation is 2. The molecule has 3 aromatic rings. The normalized spacial score (nSPS) is 17.9. The van der Waals surface area contributed by atoms with E-state index in [0.29, 0.717) is 5.92 Å². The van der Waals surface area contributed by atoms with Gasteiger partial charge in [-0.05, 0) is 75.2 Å². The highest BCUT2D eigenvalue weighted by atomic mass is 32.1. The van der Waals surface area contributed by atoms with E-state index in [0.717, 1.165) is 12.4 Å². The van der Waals surface area contributed by atoms with E-state index < -0.39 is 0 Å². The van der Waals surface area contributed by atoms with Gasteiger partial charge in [0, 0.05) is 22.9 Å². The summed E-state index contributed by atoms with van der Waals surface area (Å²) in [6.07, 6.45) is 7.22. The van der Waals surface area contributed by atoms with Crippen molar-refractivity contribution in [1.29, 1.82) is 0 Å². The van der Waals surface area contributed by atoms with Crippen LogP contribution in [0.1, 0.15) is 47.9 Å². The highest BCUT2D eigenvalue weighted by molar-refractivity contribution is 7.10. The lowest BCUT2D eigenvalue weighted by molar-refractivity contribution is 0.205. The summed E-state index contributed by atoms with van der Waals surface area (Å²) < 4.78 is 2.42. The Morgan fingerprint density at radius 2 is 1.86 bits per heavy atom. The molecule has 0 atom stereocenters. The number of fused-ring (bicyclic) bond motifs is 3. The molecule has 2 aromatic heterocycles. The average Bonchev–Trinajstić information content (AvgIpc) is 3.33. The van der Waals surface area contributed by atoms with Crippen LogP contribution in [0.5, 0.6) is 0 Å². The molecule has 0 N–H and O–H groups in total. The van der Waals surface area contributed by atoms with Crippen LogP contribution in [-0.4, -0.2) is 39.3 Å². The summed E-state index contributed by atoms with van der Waals surface area (Å²) in [6, 6.07) is 13.1. The van der Waals surface area contributed by atoms with Crippen LogP contribution in [0.3, 0.4) is 0 Å². The maximum atomic E-state index is 4.67. The van der Waals surface area contributed by atoms with E-state index in [1.54, 1.807) is 0 Å². The fourth-order valence-electron chi connectivity index (χ4n) is 4.73. The number of benzene rings is 1. The van der Waals surface area contributed by atoms with Gasteiger partial charge < -0.3 is 9.47 Å². The second kappa shape index (κ2) is 8.18. The molecule has 0 amide bonds. The Hall–Kier alpha value is -1.98. The third kappa shape index (κ3) is 3.65. The zero-order valence-corrected chi connectivity index (χ0v) is 17.2. The van der Waals surface area contributed by atoms with Crippen LogP contribution >= 0.6 is 11.3 Å². The van der Waals surface area contributed by atoms with Gasteiger partial charge in [0.05, 0.1) is 0 Å². The molecule has 5 rings (SSSR count). The number of aromatic nitrogens is 3. The highest BCUT2D eigenvalue weighted by Gasteiger charge is 2.28. The predicted molar refractivity (Wildman–Crippen MR) is 115 cm³/mol. The number of rotatable bonds is 5. The molecule has 28 heavy (non-hydrogen) atoms. The van der Waals surface area contributed by atoms with Crippen LogP contribution in [0.15, 0.2) is 41.8 Å². The Morgan fingerprint density at radius 1 is 1.00 bits per heavy atom. The summed E-state index contributed by atoms with van der Waals surface area (Å²) in [6.45, 7) is 4.64. The van der Waals surface area contributed by atoms with Crippen molar-refractivity contribution < 1.29 is 0 Å². The van der Waals surface area contributed by atoms with Crippen LogP contribution in [0.2, 0.25) is 0 Å². The first kappa shape index (κ1) is 18.1.